The summed E-state index contributed by atoms with van der Waals surface area (Å²) in [6.07, 6.45) is 9.02. The van der Waals surface area contributed by atoms with Crippen LogP contribution in [-0.4, -0.2) is 35.8 Å². The quantitative estimate of drug-likeness (QED) is 0.348. The van der Waals surface area contributed by atoms with Crippen molar-refractivity contribution in [1.82, 2.24) is 0 Å². The molecule has 0 saturated carbocycles. The number of hydrogen-bond acceptors (Lipinski definition) is 5. The smallest absolute Gasteiger partial charge is 0.305 e. The summed E-state index contributed by atoms with van der Waals surface area (Å²) in [7, 11) is 0. The van der Waals surface area contributed by atoms with Gasteiger partial charge in [-0.3, -0.25) is 9.59 Å². The molecule has 1 saturated heterocycles. The first-order valence-electron chi connectivity index (χ1n) is 9.81. The van der Waals surface area contributed by atoms with E-state index in [9.17, 15) is 14.7 Å². The predicted octanol–water partition coefficient (Wildman–Crippen LogP) is 2.02. The van der Waals surface area contributed by atoms with Crippen molar-refractivity contribution in [2.24, 2.45) is 5.73 Å². The average Bonchev–Trinajstić information content (AvgIpc) is 3.03. The fourth-order valence-corrected chi connectivity index (χ4v) is 3.16. The highest BCUT2D eigenvalue weighted by molar-refractivity contribution is 5.92. The molecule has 1 aromatic rings. The summed E-state index contributed by atoms with van der Waals surface area (Å²) in [5.74, 6) is -0.781. The molecule has 1 aliphatic heterocycles. The van der Waals surface area contributed by atoms with Crippen LogP contribution < -0.4 is 10.3 Å². The summed E-state index contributed by atoms with van der Waals surface area (Å²) < 4.78 is 12.8. The van der Waals surface area contributed by atoms with Crippen molar-refractivity contribution in [1.29, 1.82) is 0 Å². The summed E-state index contributed by atoms with van der Waals surface area (Å²) in [6, 6.07) is 3.31. The van der Waals surface area contributed by atoms with E-state index in [-0.39, 0.29) is 12.6 Å². The molecule has 3 N–H and O–H groups in total. The molecule has 0 aliphatic carbocycles. The van der Waals surface area contributed by atoms with Crippen LogP contribution in [0.1, 0.15) is 74.9 Å². The van der Waals surface area contributed by atoms with E-state index >= 15 is 0 Å². The van der Waals surface area contributed by atoms with Gasteiger partial charge in [0.15, 0.2) is 12.4 Å². The van der Waals surface area contributed by atoms with Gasteiger partial charge >= 0.3 is 5.97 Å². The van der Waals surface area contributed by atoms with Crippen LogP contribution in [0.3, 0.4) is 0 Å². The highest BCUT2D eigenvalue weighted by Crippen LogP contribution is 2.25. The number of unbranched alkanes of at least 4 members (excludes halogenated alkanes) is 5. The third-order valence-corrected chi connectivity index (χ3v) is 4.79. The van der Waals surface area contributed by atoms with Gasteiger partial charge < -0.3 is 20.3 Å². The lowest BCUT2D eigenvalue weighted by Crippen LogP contribution is -2.40. The third kappa shape index (κ3) is 6.92. The van der Waals surface area contributed by atoms with Crippen molar-refractivity contribution in [3.05, 3.63) is 30.1 Å². The Kier molecular flexibility index (Phi) is 8.67. The normalized spacial score (nSPS) is 21.9. The monoisotopic (exact) mass is 379 g/mol. The molecule has 7 nitrogen and oxygen atoms in total. The van der Waals surface area contributed by atoms with E-state index in [2.05, 4.69) is 6.92 Å². The first-order chi connectivity index (χ1) is 13.0. The first-order valence-corrected chi connectivity index (χ1v) is 9.81. The molecule has 0 radical (unpaired) electrons. The van der Waals surface area contributed by atoms with E-state index in [4.69, 9.17) is 15.2 Å². The molecule has 2 rings (SSSR count). The zero-order chi connectivity index (χ0) is 19.6. The molecule has 1 aromatic heterocycles. The Bertz CT molecular complexity index is 622. The van der Waals surface area contributed by atoms with Gasteiger partial charge in [-0.15, -0.1) is 0 Å². The van der Waals surface area contributed by atoms with Crippen molar-refractivity contribution in [3.8, 4) is 0 Å². The molecule has 0 bridgehead atoms. The van der Waals surface area contributed by atoms with Gasteiger partial charge in [0.25, 0.3) is 12.1 Å². The SMILES string of the molecule is CCCCCCCCC(=O)OC[C@H]1O[C@@H]([n+]2cccc(C(N)=O)c2)C[C@@H]1O. The molecule has 0 unspecified atom stereocenters. The Morgan fingerprint density at radius 3 is 2.78 bits per heavy atom. The topological polar surface area (TPSA) is 103 Å². The van der Waals surface area contributed by atoms with Crippen LogP contribution in [0.15, 0.2) is 24.5 Å². The van der Waals surface area contributed by atoms with E-state index in [0.29, 0.717) is 18.4 Å². The van der Waals surface area contributed by atoms with Gasteiger partial charge in [-0.1, -0.05) is 39.0 Å². The maximum Gasteiger partial charge on any atom is 0.305 e. The van der Waals surface area contributed by atoms with Crippen LogP contribution in [0, 0.1) is 0 Å². The number of nitrogens with zero attached hydrogens (tertiary/aromatic N) is 1. The van der Waals surface area contributed by atoms with Gasteiger partial charge in [0.05, 0.1) is 12.5 Å². The second-order valence-corrected chi connectivity index (χ2v) is 7.04. The summed E-state index contributed by atoms with van der Waals surface area (Å²) in [5, 5.41) is 10.2. The maximum atomic E-state index is 11.9. The van der Waals surface area contributed by atoms with E-state index in [1.54, 1.807) is 29.1 Å². The van der Waals surface area contributed by atoms with Gasteiger partial charge in [-0.05, 0) is 12.5 Å². The fraction of sp³-hybridized carbons (Fsp3) is 0.650. The minimum atomic E-state index is -0.735. The van der Waals surface area contributed by atoms with E-state index in [1.807, 2.05) is 0 Å². The van der Waals surface area contributed by atoms with Crippen LogP contribution in [0.4, 0.5) is 0 Å². The molecule has 1 aliphatic rings. The Morgan fingerprint density at radius 2 is 2.04 bits per heavy atom. The Labute approximate surface area is 160 Å². The zero-order valence-corrected chi connectivity index (χ0v) is 16.0. The number of ether oxygens (including phenoxy) is 2. The number of primary amides is 1. The lowest BCUT2D eigenvalue weighted by molar-refractivity contribution is -0.759. The summed E-state index contributed by atoms with van der Waals surface area (Å²) >= 11 is 0. The number of pyridine rings is 1. The Balaban J connectivity index is 1.72. The minimum absolute atomic E-state index is 0.0302. The molecule has 2 heterocycles. The second kappa shape index (κ2) is 11.0. The van der Waals surface area contributed by atoms with Crippen LogP contribution in [0.2, 0.25) is 0 Å². The first kappa shape index (κ1) is 21.3. The molecule has 150 valence electrons. The molecule has 3 atom stereocenters. The van der Waals surface area contributed by atoms with Gasteiger partial charge in [0.1, 0.15) is 18.3 Å². The number of aromatic nitrogens is 1. The summed E-state index contributed by atoms with van der Waals surface area (Å²) in [5.41, 5.74) is 5.66. The molecule has 1 amide bonds. The van der Waals surface area contributed by atoms with Gasteiger partial charge in [-0.2, -0.15) is 4.57 Å². The maximum absolute atomic E-state index is 11.9. The van der Waals surface area contributed by atoms with Gasteiger partial charge in [0, 0.05) is 12.5 Å². The lowest BCUT2D eigenvalue weighted by atomic mass is 10.1. The van der Waals surface area contributed by atoms with Gasteiger partial charge in [-0.25, -0.2) is 0 Å². The van der Waals surface area contributed by atoms with Crippen LogP contribution in [-0.2, 0) is 14.3 Å². The summed E-state index contributed by atoms with van der Waals surface area (Å²) in [6.45, 7) is 2.21. The highest BCUT2D eigenvalue weighted by atomic mass is 16.6. The van der Waals surface area contributed by atoms with Gasteiger partial charge in [0.2, 0.25) is 0 Å². The number of aliphatic hydroxyl groups excluding tert-OH is 1. The number of esters is 1. The van der Waals surface area contributed by atoms with Crippen LogP contribution in [0.5, 0.6) is 0 Å². The number of rotatable bonds is 11. The van der Waals surface area contributed by atoms with Crippen LogP contribution in [0.25, 0.3) is 0 Å². The van der Waals surface area contributed by atoms with Crippen molar-refractivity contribution in [2.45, 2.75) is 76.7 Å². The summed E-state index contributed by atoms with van der Waals surface area (Å²) in [4.78, 5) is 23.1. The highest BCUT2D eigenvalue weighted by Gasteiger charge is 2.40. The van der Waals surface area contributed by atoms with Crippen molar-refractivity contribution in [3.63, 3.8) is 0 Å². The lowest BCUT2D eigenvalue weighted by Gasteiger charge is -2.13. The average molecular weight is 379 g/mol. The fourth-order valence-electron chi connectivity index (χ4n) is 3.16. The van der Waals surface area contributed by atoms with Crippen molar-refractivity contribution >= 4 is 11.9 Å². The Morgan fingerprint density at radius 1 is 1.30 bits per heavy atom. The molecular formula is C20H31N2O5+. The van der Waals surface area contributed by atoms with Crippen molar-refractivity contribution < 1.29 is 28.7 Å². The number of carbonyl (C=O) groups is 2. The minimum Gasteiger partial charge on any atom is -0.463 e. The molecule has 1 fully saturated rings. The number of nitrogens with two attached hydrogens (primary N) is 1. The number of aliphatic hydroxyl groups is 1. The third-order valence-electron chi connectivity index (χ3n) is 4.79. The Hall–Kier alpha value is -1.99. The molecule has 0 aromatic carbocycles. The van der Waals surface area contributed by atoms with E-state index in [0.717, 1.165) is 19.3 Å². The largest absolute Gasteiger partial charge is 0.463 e. The number of hydrogen-bond donors (Lipinski definition) is 2. The van der Waals surface area contributed by atoms with E-state index < -0.39 is 24.3 Å². The zero-order valence-electron chi connectivity index (χ0n) is 16.0. The van der Waals surface area contributed by atoms with Crippen LogP contribution >= 0.6 is 0 Å². The van der Waals surface area contributed by atoms with Crippen molar-refractivity contribution in [2.75, 3.05) is 6.61 Å². The van der Waals surface area contributed by atoms with E-state index in [1.165, 1.54) is 19.3 Å². The standard InChI is InChI=1S/C20H30N2O5/c1-2-3-4-5-6-7-10-19(24)26-14-17-16(23)12-18(27-17)22-11-8-9-15(13-22)20(21)25/h8-9,11,13,16-18,23H,2-7,10,12,14H2,1H3,(H-,21,25)/p+1/t16-,17+,18+/m0/s1. The molecule has 27 heavy (non-hydrogen) atoms. The molecule has 0 spiro atoms. The molecular weight excluding hydrogens is 348 g/mol. The number of amides is 1. The number of carbonyl (C=O) groups excluding carboxylic acids is 2. The second-order valence-electron chi connectivity index (χ2n) is 7.04. The predicted molar refractivity (Wildman–Crippen MR) is 98.6 cm³/mol. The molecule has 7 heteroatoms.